The minimum atomic E-state index is -0.645. The Hall–Kier alpha value is -1.65. The molecule has 1 saturated heterocycles. The van der Waals surface area contributed by atoms with Crippen LogP contribution in [0.4, 0.5) is 0 Å². The molecule has 0 bridgehead atoms. The summed E-state index contributed by atoms with van der Waals surface area (Å²) in [4.78, 5) is 14.4. The normalized spacial score (nSPS) is 15.2. The van der Waals surface area contributed by atoms with Gasteiger partial charge in [0.1, 0.15) is 0 Å². The number of aliphatic hydroxyl groups is 1. The molecular weight excluding hydrogens is 651 g/mol. The second-order valence-electron chi connectivity index (χ2n) is 16.5. The van der Waals surface area contributed by atoms with Crippen molar-refractivity contribution in [2.45, 2.75) is 231 Å². The predicted molar refractivity (Wildman–Crippen MR) is 233 cm³/mol. The third-order valence-corrected chi connectivity index (χ3v) is 11.4. The van der Waals surface area contributed by atoms with Crippen LogP contribution in [0.1, 0.15) is 226 Å². The zero-order chi connectivity index (χ0) is 38.3. The monoisotopic (exact) mass is 740 g/mol. The summed E-state index contributed by atoms with van der Waals surface area (Å²) < 4.78 is 0. The fourth-order valence-electron chi connectivity index (χ4n) is 7.85. The lowest BCUT2D eigenvalue weighted by Gasteiger charge is -2.30. The SMILES string of the molecule is CCCCC/C=C\C/C=C\CCCCCCCCC(O)(CCCCCCCC/C=C\C/C=C\CCCCC)CCCCC(CN1CCCCC1)C(=O)O. The van der Waals surface area contributed by atoms with Gasteiger partial charge in [0.05, 0.1) is 11.5 Å². The van der Waals surface area contributed by atoms with Gasteiger partial charge < -0.3 is 15.1 Å². The maximum Gasteiger partial charge on any atom is 0.307 e. The molecular formula is C49H89NO3. The van der Waals surface area contributed by atoms with Crippen LogP contribution >= 0.6 is 0 Å². The first-order valence-electron chi connectivity index (χ1n) is 23.3. The second-order valence-corrected chi connectivity index (χ2v) is 16.5. The van der Waals surface area contributed by atoms with Crippen LogP contribution in [0.25, 0.3) is 0 Å². The lowest BCUT2D eigenvalue weighted by molar-refractivity contribution is -0.142. The van der Waals surface area contributed by atoms with Crippen molar-refractivity contribution in [3.05, 3.63) is 48.6 Å². The number of carboxylic acid groups (broad SMARTS) is 1. The van der Waals surface area contributed by atoms with Gasteiger partial charge in [-0.25, -0.2) is 0 Å². The Morgan fingerprint density at radius 1 is 0.528 bits per heavy atom. The van der Waals surface area contributed by atoms with Gasteiger partial charge >= 0.3 is 5.97 Å². The molecule has 0 aromatic heterocycles. The first kappa shape index (κ1) is 49.4. The number of piperidine rings is 1. The molecule has 4 heteroatoms. The van der Waals surface area contributed by atoms with Gasteiger partial charge in [-0.1, -0.05) is 172 Å². The average Bonchev–Trinajstić information content (AvgIpc) is 3.16. The van der Waals surface area contributed by atoms with Crippen molar-refractivity contribution in [2.24, 2.45) is 5.92 Å². The number of carbonyl (C=O) groups is 1. The number of nitrogens with zero attached hydrogens (tertiary/aromatic N) is 1. The lowest BCUT2D eigenvalue weighted by Crippen LogP contribution is -2.36. The number of hydrogen-bond donors (Lipinski definition) is 2. The minimum Gasteiger partial charge on any atom is -0.481 e. The number of allylic oxidation sites excluding steroid dienone is 8. The molecule has 4 nitrogen and oxygen atoms in total. The molecule has 308 valence electrons. The largest absolute Gasteiger partial charge is 0.481 e. The van der Waals surface area contributed by atoms with E-state index in [9.17, 15) is 15.0 Å². The number of aliphatic carboxylic acids is 1. The third kappa shape index (κ3) is 32.3. The van der Waals surface area contributed by atoms with Crippen LogP contribution in [0, 0.1) is 5.92 Å². The van der Waals surface area contributed by atoms with E-state index >= 15 is 0 Å². The van der Waals surface area contributed by atoms with Gasteiger partial charge in [-0.05, 0) is 116 Å². The summed E-state index contributed by atoms with van der Waals surface area (Å²) in [7, 11) is 0. The standard InChI is InChI=1S/C49H89NO3/c1-3-5-7-9-11-13-15-17-19-21-23-25-27-29-31-35-41-49(53,43-37-34-40-47(48(51)52)46-50-44-38-33-39-45-50)42-36-32-30-28-26-24-22-20-18-16-14-12-10-8-6-4-2/h11-14,17-20,47,53H,3-10,15-16,21-46H2,1-2H3,(H,51,52)/b13-11-,14-12-,19-17-,20-18-. The van der Waals surface area contributed by atoms with E-state index < -0.39 is 11.6 Å². The molecule has 0 amide bonds. The summed E-state index contributed by atoms with van der Waals surface area (Å²) in [5.74, 6) is -0.921. The van der Waals surface area contributed by atoms with Crippen molar-refractivity contribution in [1.29, 1.82) is 0 Å². The first-order valence-corrected chi connectivity index (χ1v) is 23.3. The molecule has 0 aromatic rings. The molecule has 0 aromatic carbocycles. The number of carboxylic acids is 1. The van der Waals surface area contributed by atoms with Crippen molar-refractivity contribution in [3.8, 4) is 0 Å². The fourth-order valence-corrected chi connectivity index (χ4v) is 7.85. The molecule has 1 rings (SSSR count). The van der Waals surface area contributed by atoms with Gasteiger partial charge in [-0.2, -0.15) is 0 Å². The third-order valence-electron chi connectivity index (χ3n) is 11.4. The molecule has 1 aliphatic rings. The summed E-state index contributed by atoms with van der Waals surface area (Å²) in [6, 6.07) is 0. The molecule has 0 aliphatic carbocycles. The second kappa shape index (κ2) is 37.3. The van der Waals surface area contributed by atoms with Crippen LogP contribution in [-0.2, 0) is 4.79 Å². The van der Waals surface area contributed by atoms with Gasteiger partial charge in [0.2, 0.25) is 0 Å². The van der Waals surface area contributed by atoms with E-state index in [0.29, 0.717) is 6.54 Å². The van der Waals surface area contributed by atoms with E-state index in [0.717, 1.165) is 77.3 Å². The van der Waals surface area contributed by atoms with Crippen molar-refractivity contribution in [3.63, 3.8) is 0 Å². The Morgan fingerprint density at radius 3 is 1.32 bits per heavy atom. The Morgan fingerprint density at radius 2 is 0.906 bits per heavy atom. The van der Waals surface area contributed by atoms with Crippen LogP contribution < -0.4 is 0 Å². The van der Waals surface area contributed by atoms with E-state index in [1.54, 1.807) is 0 Å². The average molecular weight is 740 g/mol. The molecule has 0 saturated carbocycles. The van der Waals surface area contributed by atoms with E-state index in [2.05, 4.69) is 67.4 Å². The Balaban J connectivity index is 2.33. The van der Waals surface area contributed by atoms with Gasteiger partial charge in [-0.3, -0.25) is 4.79 Å². The maximum absolute atomic E-state index is 12.0. The van der Waals surface area contributed by atoms with Crippen LogP contribution in [0.15, 0.2) is 48.6 Å². The summed E-state index contributed by atoms with van der Waals surface area (Å²) in [6.45, 7) is 7.31. The quantitative estimate of drug-likeness (QED) is 0.0489. The smallest absolute Gasteiger partial charge is 0.307 e. The van der Waals surface area contributed by atoms with Crippen LogP contribution in [0.2, 0.25) is 0 Å². The van der Waals surface area contributed by atoms with Gasteiger partial charge in [-0.15, -0.1) is 0 Å². The fraction of sp³-hybridized carbons (Fsp3) is 0.816. The summed E-state index contributed by atoms with van der Waals surface area (Å²) in [5.41, 5.74) is -0.587. The van der Waals surface area contributed by atoms with Gasteiger partial charge in [0.15, 0.2) is 0 Å². The molecule has 1 fully saturated rings. The zero-order valence-corrected chi connectivity index (χ0v) is 35.4. The Kier molecular flexibility index (Phi) is 34.7. The van der Waals surface area contributed by atoms with E-state index in [1.807, 2.05) is 0 Å². The number of rotatable bonds is 38. The highest BCUT2D eigenvalue weighted by molar-refractivity contribution is 5.70. The Bertz CT molecular complexity index is 867. The molecule has 0 radical (unpaired) electrons. The zero-order valence-electron chi connectivity index (χ0n) is 35.4. The minimum absolute atomic E-state index is 0.276. The number of hydrogen-bond acceptors (Lipinski definition) is 3. The van der Waals surface area contributed by atoms with Crippen LogP contribution in [0.3, 0.4) is 0 Å². The molecule has 2 N–H and O–H groups in total. The highest BCUT2D eigenvalue weighted by Gasteiger charge is 2.27. The predicted octanol–water partition coefficient (Wildman–Crippen LogP) is 14.9. The molecule has 53 heavy (non-hydrogen) atoms. The molecule has 1 atom stereocenters. The van der Waals surface area contributed by atoms with Crippen LogP contribution in [-0.4, -0.2) is 46.3 Å². The van der Waals surface area contributed by atoms with Crippen molar-refractivity contribution in [1.82, 2.24) is 4.90 Å². The first-order chi connectivity index (χ1) is 26.0. The summed E-state index contributed by atoms with van der Waals surface area (Å²) in [5, 5.41) is 21.7. The van der Waals surface area contributed by atoms with Gasteiger partial charge in [0.25, 0.3) is 0 Å². The number of likely N-dealkylation sites (tertiary alicyclic amines) is 1. The highest BCUT2D eigenvalue weighted by Crippen LogP contribution is 2.30. The Labute approximate surface area is 330 Å². The number of unbranched alkanes of at least 4 members (excludes halogenated alkanes) is 19. The van der Waals surface area contributed by atoms with Crippen molar-refractivity contribution >= 4 is 5.97 Å². The molecule has 1 unspecified atom stereocenters. The maximum atomic E-state index is 12.0. The highest BCUT2D eigenvalue weighted by atomic mass is 16.4. The van der Waals surface area contributed by atoms with E-state index in [1.165, 1.54) is 148 Å². The van der Waals surface area contributed by atoms with Crippen molar-refractivity contribution in [2.75, 3.05) is 19.6 Å². The topological polar surface area (TPSA) is 60.8 Å². The van der Waals surface area contributed by atoms with E-state index in [4.69, 9.17) is 0 Å². The molecule has 1 aliphatic heterocycles. The summed E-state index contributed by atoms with van der Waals surface area (Å²) in [6.07, 6.45) is 57.3. The van der Waals surface area contributed by atoms with E-state index in [-0.39, 0.29) is 5.92 Å². The molecule has 1 heterocycles. The molecule has 0 spiro atoms. The lowest BCUT2D eigenvalue weighted by atomic mass is 9.84. The van der Waals surface area contributed by atoms with Crippen LogP contribution in [0.5, 0.6) is 0 Å². The van der Waals surface area contributed by atoms with Gasteiger partial charge in [0, 0.05) is 6.54 Å². The van der Waals surface area contributed by atoms with Crippen molar-refractivity contribution < 1.29 is 15.0 Å². The summed E-state index contributed by atoms with van der Waals surface area (Å²) >= 11 is 0.